The molecule has 5 rings (SSSR count). The number of para-hydroxylation sites is 1. The average Bonchev–Trinajstić information content (AvgIpc) is 3.57. The molecule has 2 fully saturated rings. The number of hydrogen-bond donors (Lipinski definition) is 4. The van der Waals surface area contributed by atoms with Gasteiger partial charge in [0.15, 0.2) is 0 Å². The zero-order chi connectivity index (χ0) is 26.3. The van der Waals surface area contributed by atoms with Crippen molar-refractivity contribution in [2.45, 2.75) is 77.4 Å². The summed E-state index contributed by atoms with van der Waals surface area (Å²) in [7, 11) is 0. The monoisotopic (exact) mass is 521 g/mol. The third-order valence-corrected chi connectivity index (χ3v) is 9.96. The SMILES string of the molecule is CC1(C)C[C@H](NC(=O)c2cccs2)[C@@]2(CCC(=O)NCCc3c[nH]c4ccccc34)CC[C@](C)(O)C[C@@H]12. The molecule has 2 saturated carbocycles. The van der Waals surface area contributed by atoms with Crippen LogP contribution in [0, 0.1) is 16.7 Å². The fourth-order valence-corrected chi connectivity index (χ4v) is 7.81. The van der Waals surface area contributed by atoms with Crippen molar-refractivity contribution in [3.63, 3.8) is 0 Å². The molecule has 6 nitrogen and oxygen atoms in total. The lowest BCUT2D eigenvalue weighted by Gasteiger charge is -2.50. The van der Waals surface area contributed by atoms with Gasteiger partial charge in [-0.25, -0.2) is 0 Å². The van der Waals surface area contributed by atoms with Crippen molar-refractivity contribution in [2.24, 2.45) is 16.7 Å². The minimum absolute atomic E-state index is 0.0165. The van der Waals surface area contributed by atoms with Gasteiger partial charge >= 0.3 is 0 Å². The van der Waals surface area contributed by atoms with Crippen LogP contribution in [0.2, 0.25) is 0 Å². The Bertz CT molecular complexity index is 1260. The van der Waals surface area contributed by atoms with E-state index in [1.54, 1.807) is 0 Å². The van der Waals surface area contributed by atoms with Crippen molar-refractivity contribution in [1.29, 1.82) is 0 Å². The molecule has 4 atom stereocenters. The van der Waals surface area contributed by atoms with E-state index in [1.807, 2.05) is 42.8 Å². The van der Waals surface area contributed by atoms with Gasteiger partial charge in [0.05, 0.1) is 10.5 Å². The predicted molar refractivity (Wildman–Crippen MR) is 149 cm³/mol. The van der Waals surface area contributed by atoms with Crippen LogP contribution < -0.4 is 10.6 Å². The molecule has 0 radical (unpaired) electrons. The number of carbonyl (C=O) groups is 2. The molecule has 1 aromatic carbocycles. The Balaban J connectivity index is 1.27. The van der Waals surface area contributed by atoms with Gasteiger partial charge < -0.3 is 20.7 Å². The van der Waals surface area contributed by atoms with E-state index in [0.717, 1.165) is 24.8 Å². The Hall–Kier alpha value is -2.64. The van der Waals surface area contributed by atoms with E-state index in [4.69, 9.17) is 0 Å². The van der Waals surface area contributed by atoms with Crippen LogP contribution in [0.5, 0.6) is 0 Å². The van der Waals surface area contributed by atoms with Gasteiger partial charge in [-0.3, -0.25) is 9.59 Å². The second-order valence-electron chi connectivity index (χ2n) is 12.1. The van der Waals surface area contributed by atoms with Gasteiger partial charge in [0.2, 0.25) is 5.91 Å². The van der Waals surface area contributed by atoms with Gasteiger partial charge in [-0.2, -0.15) is 0 Å². The molecule has 0 spiro atoms. The molecule has 4 N–H and O–H groups in total. The van der Waals surface area contributed by atoms with Crippen LogP contribution in [0.25, 0.3) is 10.9 Å². The molecule has 2 aliphatic carbocycles. The summed E-state index contributed by atoms with van der Waals surface area (Å²) < 4.78 is 0. The van der Waals surface area contributed by atoms with Crippen LogP contribution in [0.1, 0.15) is 74.5 Å². The van der Waals surface area contributed by atoms with Crippen LogP contribution in [0.4, 0.5) is 0 Å². The largest absolute Gasteiger partial charge is 0.390 e. The first-order valence-electron chi connectivity index (χ1n) is 13.5. The lowest BCUT2D eigenvalue weighted by molar-refractivity contribution is -0.123. The highest BCUT2D eigenvalue weighted by atomic mass is 32.1. The standard InChI is InChI=1S/C30H39N3O3S/c1-28(2)18-25(33-27(35)23-9-6-16-37-23)30(14-13-29(3,36)17-24(28)30)12-10-26(34)31-15-11-20-19-32-22-8-5-4-7-21(20)22/h4-9,16,19,24-25,32,36H,10-15,17-18H2,1-3H3,(H,31,34)(H,33,35)/t24-,25-,29-,30-/m0/s1. The Morgan fingerprint density at radius 1 is 1.11 bits per heavy atom. The molecule has 198 valence electrons. The van der Waals surface area contributed by atoms with Crippen molar-refractivity contribution in [3.05, 3.63) is 58.4 Å². The molecule has 0 aliphatic heterocycles. The first-order valence-corrected chi connectivity index (χ1v) is 14.4. The molecule has 2 amide bonds. The summed E-state index contributed by atoms with van der Waals surface area (Å²) in [5, 5.41) is 20.6. The topological polar surface area (TPSA) is 94.2 Å². The highest BCUT2D eigenvalue weighted by molar-refractivity contribution is 7.12. The maximum atomic E-state index is 13.1. The van der Waals surface area contributed by atoms with Crippen LogP contribution in [0.3, 0.4) is 0 Å². The first kappa shape index (κ1) is 26.0. The third-order valence-electron chi connectivity index (χ3n) is 9.09. The molecule has 0 saturated heterocycles. The highest BCUT2D eigenvalue weighted by Crippen LogP contribution is 2.63. The number of hydrogen-bond acceptors (Lipinski definition) is 4. The molecular formula is C30H39N3O3S. The minimum Gasteiger partial charge on any atom is -0.390 e. The van der Waals surface area contributed by atoms with Crippen molar-refractivity contribution in [3.8, 4) is 0 Å². The maximum Gasteiger partial charge on any atom is 0.261 e. The summed E-state index contributed by atoms with van der Waals surface area (Å²) in [6, 6.07) is 12.0. The second-order valence-corrected chi connectivity index (χ2v) is 13.1. The van der Waals surface area contributed by atoms with Crippen molar-refractivity contribution >= 4 is 34.1 Å². The van der Waals surface area contributed by atoms with Gasteiger partial charge in [-0.15, -0.1) is 11.3 Å². The number of H-pyrrole nitrogens is 1. The second kappa shape index (κ2) is 9.91. The molecular weight excluding hydrogens is 482 g/mol. The minimum atomic E-state index is -0.709. The number of amides is 2. The molecule has 0 unspecified atom stereocenters. The Morgan fingerprint density at radius 2 is 1.92 bits per heavy atom. The lowest BCUT2D eigenvalue weighted by Crippen LogP contribution is -2.52. The number of fused-ring (bicyclic) bond motifs is 2. The fourth-order valence-electron chi connectivity index (χ4n) is 7.18. The zero-order valence-electron chi connectivity index (χ0n) is 22.1. The third kappa shape index (κ3) is 5.21. The number of benzene rings is 1. The maximum absolute atomic E-state index is 13.1. The van der Waals surface area contributed by atoms with E-state index >= 15 is 0 Å². The van der Waals surface area contributed by atoms with Gasteiger partial charge in [0, 0.05) is 36.1 Å². The number of aromatic amines is 1. The Morgan fingerprint density at radius 3 is 2.70 bits per heavy atom. The van der Waals surface area contributed by atoms with Crippen LogP contribution >= 0.6 is 11.3 Å². The van der Waals surface area contributed by atoms with Gasteiger partial charge in [0.1, 0.15) is 0 Å². The molecule has 37 heavy (non-hydrogen) atoms. The zero-order valence-corrected chi connectivity index (χ0v) is 22.9. The van der Waals surface area contributed by atoms with E-state index in [1.165, 1.54) is 22.3 Å². The molecule has 2 aliphatic rings. The quantitative estimate of drug-likeness (QED) is 0.318. The number of aromatic nitrogens is 1. The van der Waals surface area contributed by atoms with Crippen molar-refractivity contribution in [2.75, 3.05) is 6.54 Å². The molecule has 0 bridgehead atoms. The lowest BCUT2D eigenvalue weighted by atomic mass is 9.57. The molecule has 2 aromatic heterocycles. The van der Waals surface area contributed by atoms with Crippen LogP contribution in [-0.2, 0) is 11.2 Å². The normalized spacial score (nSPS) is 28.6. The molecule has 7 heteroatoms. The number of rotatable bonds is 8. The summed E-state index contributed by atoms with van der Waals surface area (Å²) in [5.74, 6) is 0.256. The molecule has 3 aromatic rings. The van der Waals surface area contributed by atoms with Crippen molar-refractivity contribution < 1.29 is 14.7 Å². The van der Waals surface area contributed by atoms with E-state index in [9.17, 15) is 14.7 Å². The van der Waals surface area contributed by atoms with E-state index in [2.05, 4.69) is 41.6 Å². The van der Waals surface area contributed by atoms with E-state index in [-0.39, 0.29) is 34.6 Å². The first-order chi connectivity index (χ1) is 17.6. The van der Waals surface area contributed by atoms with E-state index in [0.29, 0.717) is 37.1 Å². The average molecular weight is 522 g/mol. The van der Waals surface area contributed by atoms with Crippen LogP contribution in [0.15, 0.2) is 48.0 Å². The van der Waals surface area contributed by atoms with Crippen molar-refractivity contribution in [1.82, 2.24) is 15.6 Å². The summed E-state index contributed by atoms with van der Waals surface area (Å²) in [6.07, 6.45) is 6.99. The van der Waals surface area contributed by atoms with E-state index < -0.39 is 5.60 Å². The number of nitrogens with one attached hydrogen (secondary N) is 3. The summed E-state index contributed by atoms with van der Waals surface area (Å²) >= 11 is 1.45. The highest BCUT2D eigenvalue weighted by Gasteiger charge is 2.61. The summed E-state index contributed by atoms with van der Waals surface area (Å²) in [6.45, 7) is 7.04. The Kier molecular flexibility index (Phi) is 6.96. The van der Waals surface area contributed by atoms with Gasteiger partial charge in [-0.05, 0) is 85.3 Å². The summed E-state index contributed by atoms with van der Waals surface area (Å²) in [5.41, 5.74) is 1.37. The predicted octanol–water partition coefficient (Wildman–Crippen LogP) is 5.43. The molecule has 2 heterocycles. The number of aliphatic hydroxyl groups is 1. The number of thiophene rings is 1. The summed E-state index contributed by atoms with van der Waals surface area (Å²) in [4.78, 5) is 30.1. The van der Waals surface area contributed by atoms with Gasteiger partial charge in [0.25, 0.3) is 5.91 Å². The fraction of sp³-hybridized carbons (Fsp3) is 0.533. The number of carbonyl (C=O) groups excluding carboxylic acids is 2. The van der Waals surface area contributed by atoms with Crippen LogP contribution in [-0.4, -0.2) is 40.1 Å². The smallest absolute Gasteiger partial charge is 0.261 e. The Labute approximate surface area is 223 Å². The van der Waals surface area contributed by atoms with Gasteiger partial charge in [-0.1, -0.05) is 38.1 Å².